The number of carbonyl (C=O) groups excluding carboxylic acids is 1. The van der Waals surface area contributed by atoms with Crippen molar-refractivity contribution in [3.63, 3.8) is 0 Å². The van der Waals surface area contributed by atoms with Crippen LogP contribution < -0.4 is 5.32 Å². The number of carbonyl (C=O) groups is 1. The zero-order valence-corrected chi connectivity index (χ0v) is 10.8. The third-order valence-electron chi connectivity index (χ3n) is 1.96. The zero-order chi connectivity index (χ0) is 10.7. The fraction of sp³-hybridized carbons (Fsp3) is 0.364. The summed E-state index contributed by atoms with van der Waals surface area (Å²) in [5, 5.41) is 2.87. The van der Waals surface area contributed by atoms with E-state index in [1.807, 2.05) is 32.0 Å². The van der Waals surface area contributed by atoms with Crippen molar-refractivity contribution < 1.29 is 4.79 Å². The van der Waals surface area contributed by atoms with Gasteiger partial charge in [0.25, 0.3) is 0 Å². The Labute approximate surface area is 98.2 Å². The van der Waals surface area contributed by atoms with Gasteiger partial charge in [0.15, 0.2) is 0 Å². The second-order valence-electron chi connectivity index (χ2n) is 3.61. The van der Waals surface area contributed by atoms with E-state index in [0.717, 1.165) is 5.69 Å². The average Bonchev–Trinajstić information content (AvgIpc) is 2.11. The number of hydrogen-bond acceptors (Lipinski definition) is 1. The molecule has 0 atom stereocenters. The minimum atomic E-state index is 0.0222. The second kappa shape index (κ2) is 4.77. The minimum absolute atomic E-state index is 0.0222. The van der Waals surface area contributed by atoms with Crippen molar-refractivity contribution in [3.8, 4) is 0 Å². The first-order chi connectivity index (χ1) is 6.50. The van der Waals surface area contributed by atoms with Crippen molar-refractivity contribution in [1.29, 1.82) is 0 Å². The molecule has 1 rings (SSSR count). The molecule has 0 radical (unpaired) electrons. The lowest BCUT2D eigenvalue weighted by Gasteiger charge is -2.08. The quantitative estimate of drug-likeness (QED) is 0.835. The Morgan fingerprint density at radius 2 is 2.07 bits per heavy atom. The Hall–Kier alpha value is -0.580. The molecule has 3 heteroatoms. The molecule has 0 fully saturated rings. The Morgan fingerprint density at radius 1 is 1.43 bits per heavy atom. The summed E-state index contributed by atoms with van der Waals surface area (Å²) in [4.78, 5) is 11.4. The largest absolute Gasteiger partial charge is 0.326 e. The lowest BCUT2D eigenvalue weighted by molar-refractivity contribution is -0.118. The fourth-order valence-electron chi connectivity index (χ4n) is 0.957. The molecule has 0 aromatic heterocycles. The summed E-state index contributed by atoms with van der Waals surface area (Å²) in [6.07, 6.45) is 0. The summed E-state index contributed by atoms with van der Waals surface area (Å²) < 4.78 is 1.17. The first-order valence-corrected chi connectivity index (χ1v) is 5.65. The lowest BCUT2D eigenvalue weighted by Crippen LogP contribution is -2.17. The first kappa shape index (κ1) is 11.5. The van der Waals surface area contributed by atoms with E-state index in [0.29, 0.717) is 0 Å². The predicted molar refractivity (Wildman–Crippen MR) is 67.4 cm³/mol. The Bertz CT molecular complexity index is 347. The van der Waals surface area contributed by atoms with E-state index in [-0.39, 0.29) is 11.8 Å². The molecule has 1 aromatic carbocycles. The summed E-state index contributed by atoms with van der Waals surface area (Å²) in [5.41, 5.74) is 2.10. The number of nitrogens with one attached hydrogen (secondary N) is 1. The van der Waals surface area contributed by atoms with Crippen molar-refractivity contribution in [3.05, 3.63) is 27.3 Å². The van der Waals surface area contributed by atoms with Crippen molar-refractivity contribution in [1.82, 2.24) is 0 Å². The van der Waals surface area contributed by atoms with Gasteiger partial charge in [-0.1, -0.05) is 19.9 Å². The van der Waals surface area contributed by atoms with Crippen molar-refractivity contribution in [2.24, 2.45) is 5.92 Å². The maximum absolute atomic E-state index is 11.4. The molecule has 1 amide bonds. The van der Waals surface area contributed by atoms with Crippen molar-refractivity contribution >= 4 is 34.2 Å². The molecule has 0 saturated carbocycles. The van der Waals surface area contributed by atoms with Crippen LogP contribution in [0.25, 0.3) is 0 Å². The van der Waals surface area contributed by atoms with Crippen LogP contribution in [0.15, 0.2) is 18.2 Å². The van der Waals surface area contributed by atoms with Crippen LogP contribution in [0.4, 0.5) is 5.69 Å². The summed E-state index contributed by atoms with van der Waals surface area (Å²) in [7, 11) is 0. The fourth-order valence-corrected chi connectivity index (χ4v) is 1.47. The van der Waals surface area contributed by atoms with Crippen LogP contribution in [0, 0.1) is 16.4 Å². The van der Waals surface area contributed by atoms with E-state index in [2.05, 4.69) is 34.8 Å². The molecule has 0 aliphatic rings. The van der Waals surface area contributed by atoms with Crippen LogP contribution in [0.3, 0.4) is 0 Å². The molecule has 0 spiro atoms. The molecule has 14 heavy (non-hydrogen) atoms. The third kappa shape index (κ3) is 2.97. The van der Waals surface area contributed by atoms with E-state index >= 15 is 0 Å². The molecule has 76 valence electrons. The van der Waals surface area contributed by atoms with E-state index in [1.54, 1.807) is 0 Å². The Balaban J connectivity index is 2.78. The normalized spacial score (nSPS) is 10.4. The van der Waals surface area contributed by atoms with Gasteiger partial charge in [-0.3, -0.25) is 4.79 Å². The lowest BCUT2D eigenvalue weighted by atomic mass is 10.2. The molecule has 0 aliphatic carbocycles. The minimum Gasteiger partial charge on any atom is -0.326 e. The standard InChI is InChI=1S/C11H14INO/c1-7(2)11(14)13-9-5-4-8(3)10(12)6-9/h4-7H,1-3H3,(H,13,14). The van der Waals surface area contributed by atoms with Gasteiger partial charge < -0.3 is 5.32 Å². The molecule has 0 aliphatic heterocycles. The first-order valence-electron chi connectivity index (χ1n) is 4.57. The van der Waals surface area contributed by atoms with E-state index in [1.165, 1.54) is 9.13 Å². The van der Waals surface area contributed by atoms with Gasteiger partial charge in [0, 0.05) is 15.2 Å². The van der Waals surface area contributed by atoms with Gasteiger partial charge in [-0.25, -0.2) is 0 Å². The summed E-state index contributed by atoms with van der Waals surface area (Å²) in [5.74, 6) is 0.0821. The van der Waals surface area contributed by atoms with Gasteiger partial charge in [-0.15, -0.1) is 0 Å². The topological polar surface area (TPSA) is 29.1 Å². The van der Waals surface area contributed by atoms with Crippen molar-refractivity contribution in [2.45, 2.75) is 20.8 Å². The highest BCUT2D eigenvalue weighted by molar-refractivity contribution is 14.1. The maximum atomic E-state index is 11.4. The number of rotatable bonds is 2. The van der Waals surface area contributed by atoms with Gasteiger partial charge in [-0.05, 0) is 47.2 Å². The van der Waals surface area contributed by atoms with Gasteiger partial charge in [-0.2, -0.15) is 0 Å². The summed E-state index contributed by atoms with van der Waals surface area (Å²) in [6, 6.07) is 5.92. The molecular weight excluding hydrogens is 289 g/mol. The number of halogens is 1. The van der Waals surface area contributed by atoms with E-state index in [4.69, 9.17) is 0 Å². The molecule has 0 saturated heterocycles. The Kier molecular flexibility index (Phi) is 3.92. The van der Waals surface area contributed by atoms with Crippen LogP contribution in [0.1, 0.15) is 19.4 Å². The van der Waals surface area contributed by atoms with Gasteiger partial charge in [0.05, 0.1) is 0 Å². The van der Waals surface area contributed by atoms with E-state index < -0.39 is 0 Å². The van der Waals surface area contributed by atoms with Crippen LogP contribution in [-0.4, -0.2) is 5.91 Å². The molecule has 2 nitrogen and oxygen atoms in total. The Morgan fingerprint density at radius 3 is 2.57 bits per heavy atom. The van der Waals surface area contributed by atoms with Gasteiger partial charge >= 0.3 is 0 Å². The molecular formula is C11H14INO. The van der Waals surface area contributed by atoms with E-state index in [9.17, 15) is 4.79 Å². The number of aryl methyl sites for hydroxylation is 1. The highest BCUT2D eigenvalue weighted by Crippen LogP contribution is 2.17. The van der Waals surface area contributed by atoms with Gasteiger partial charge in [0.1, 0.15) is 0 Å². The van der Waals surface area contributed by atoms with Crippen LogP contribution in [0.5, 0.6) is 0 Å². The van der Waals surface area contributed by atoms with Crippen LogP contribution >= 0.6 is 22.6 Å². The monoisotopic (exact) mass is 303 g/mol. The molecule has 1 aromatic rings. The number of hydrogen-bond donors (Lipinski definition) is 1. The highest BCUT2D eigenvalue weighted by atomic mass is 127. The molecule has 0 unspecified atom stereocenters. The van der Waals surface area contributed by atoms with Crippen molar-refractivity contribution in [2.75, 3.05) is 5.32 Å². The summed E-state index contributed by atoms with van der Waals surface area (Å²) in [6.45, 7) is 5.82. The average molecular weight is 303 g/mol. The molecule has 1 N–H and O–H groups in total. The van der Waals surface area contributed by atoms with Crippen LogP contribution in [0.2, 0.25) is 0 Å². The zero-order valence-electron chi connectivity index (χ0n) is 8.60. The number of amides is 1. The van der Waals surface area contributed by atoms with Crippen LogP contribution in [-0.2, 0) is 4.79 Å². The molecule has 0 heterocycles. The predicted octanol–water partition coefficient (Wildman–Crippen LogP) is 3.19. The maximum Gasteiger partial charge on any atom is 0.226 e. The smallest absolute Gasteiger partial charge is 0.226 e. The number of anilines is 1. The van der Waals surface area contributed by atoms with Gasteiger partial charge in [0.2, 0.25) is 5.91 Å². The number of benzene rings is 1. The molecule has 0 bridgehead atoms. The highest BCUT2D eigenvalue weighted by Gasteiger charge is 2.07. The SMILES string of the molecule is Cc1ccc(NC(=O)C(C)C)cc1I. The summed E-state index contributed by atoms with van der Waals surface area (Å²) >= 11 is 2.26. The second-order valence-corrected chi connectivity index (χ2v) is 4.77. The third-order valence-corrected chi connectivity index (χ3v) is 3.13.